The van der Waals surface area contributed by atoms with Crippen LogP contribution >= 0.6 is 0 Å². The lowest BCUT2D eigenvalue weighted by molar-refractivity contribution is -0.138. The number of nitrogens with one attached hydrogen (secondary N) is 3. The third kappa shape index (κ3) is 7.47. The van der Waals surface area contributed by atoms with Gasteiger partial charge in [-0.3, -0.25) is 9.59 Å². The molecule has 12 nitrogen and oxygen atoms in total. The second kappa shape index (κ2) is 15.3. The molecule has 3 aliphatic heterocycles. The molecule has 3 saturated heterocycles. The number of carbonyl (C=O) groups excluding carboxylic acids is 3. The highest BCUT2D eigenvalue weighted by Crippen LogP contribution is 2.45. The Morgan fingerprint density at radius 2 is 1.69 bits per heavy atom. The number of alkyl carbamates (subject to hydrolysis) is 1. The molecule has 2 aromatic carbocycles. The molecule has 0 radical (unpaired) electrons. The zero-order valence-electron chi connectivity index (χ0n) is 32.1. The molecule has 0 bridgehead atoms. The van der Waals surface area contributed by atoms with E-state index in [9.17, 15) is 14.4 Å². The van der Waals surface area contributed by atoms with Gasteiger partial charge in [-0.05, 0) is 73.4 Å². The lowest BCUT2D eigenvalue weighted by Gasteiger charge is -2.30. The topological polar surface area (TPSA) is 146 Å². The minimum atomic E-state index is -0.682. The molecule has 3 fully saturated rings. The third-order valence-electron chi connectivity index (χ3n) is 11.5. The van der Waals surface area contributed by atoms with Crippen molar-refractivity contribution in [1.82, 2.24) is 35.1 Å². The van der Waals surface area contributed by atoms with Crippen molar-refractivity contribution in [1.29, 1.82) is 0 Å². The van der Waals surface area contributed by atoms with Gasteiger partial charge in [-0.25, -0.2) is 14.8 Å². The number of hydrogen-bond donors (Lipinski definition) is 3. The molecule has 1 spiro atoms. The Bertz CT molecular complexity index is 2070. The molecule has 4 aromatic rings. The molecule has 3 amide bonds. The normalized spacial score (nSPS) is 22.2. The van der Waals surface area contributed by atoms with Crippen LogP contribution in [0.1, 0.15) is 102 Å². The first-order chi connectivity index (χ1) is 25.9. The molecule has 54 heavy (non-hydrogen) atoms. The Balaban J connectivity index is 1.04. The first-order valence-electron chi connectivity index (χ1n) is 19.2. The summed E-state index contributed by atoms with van der Waals surface area (Å²) < 4.78 is 11.0. The number of H-pyrrole nitrogens is 2. The maximum Gasteiger partial charge on any atom is 0.407 e. The molecular weight excluding hydrogens is 683 g/mol. The molecule has 0 aliphatic carbocycles. The lowest BCUT2D eigenvalue weighted by atomic mass is 9.96. The number of fused-ring (bicyclic) bond motifs is 1. The van der Waals surface area contributed by atoms with Gasteiger partial charge in [-0.2, -0.15) is 0 Å². The smallest absolute Gasteiger partial charge is 0.407 e. The first-order valence-corrected chi connectivity index (χ1v) is 19.2. The summed E-state index contributed by atoms with van der Waals surface area (Å²) >= 11 is 0. The van der Waals surface area contributed by atoms with Gasteiger partial charge < -0.3 is 34.6 Å². The van der Waals surface area contributed by atoms with Gasteiger partial charge in [0.05, 0.1) is 54.3 Å². The molecule has 3 N–H and O–H groups in total. The van der Waals surface area contributed by atoms with Crippen LogP contribution in [0.4, 0.5) is 4.79 Å². The van der Waals surface area contributed by atoms with E-state index in [0.29, 0.717) is 13.1 Å². The molecule has 0 unspecified atom stereocenters. The maximum absolute atomic E-state index is 13.6. The number of imidazole rings is 2. The SMILES string of the molecule is COC(=O)N[C@H](C(=O)N1CCC[C@H]1c1ncc(-c2ccc(C#Cc3ccc4nc([C@@H]5C[C@]6(CCCO6)CN5C(=O)[C@@H](C)C(C)C)[nH]c4c3)cc2)[nH]1)C(C)C. The number of aromatic amines is 2. The number of ether oxygens (including phenoxy) is 2. The van der Waals surface area contributed by atoms with E-state index in [-0.39, 0.29) is 47.3 Å². The number of carbonyl (C=O) groups is 3. The number of hydrogen-bond acceptors (Lipinski definition) is 7. The summed E-state index contributed by atoms with van der Waals surface area (Å²) in [4.78, 5) is 59.5. The van der Waals surface area contributed by atoms with Crippen molar-refractivity contribution in [3.05, 3.63) is 71.4 Å². The molecule has 2 aromatic heterocycles. The number of likely N-dealkylation sites (tertiary alicyclic amines) is 2. The van der Waals surface area contributed by atoms with Crippen LogP contribution in [-0.2, 0) is 19.1 Å². The lowest BCUT2D eigenvalue weighted by Crippen LogP contribution is -2.51. The van der Waals surface area contributed by atoms with Gasteiger partial charge >= 0.3 is 6.09 Å². The number of rotatable bonds is 8. The van der Waals surface area contributed by atoms with Crippen molar-refractivity contribution in [2.24, 2.45) is 17.8 Å². The van der Waals surface area contributed by atoms with Crippen LogP contribution in [0.15, 0.2) is 48.7 Å². The van der Waals surface area contributed by atoms with E-state index >= 15 is 0 Å². The zero-order chi connectivity index (χ0) is 38.1. The second-order valence-electron chi connectivity index (χ2n) is 15.8. The van der Waals surface area contributed by atoms with Gasteiger partial charge in [0.2, 0.25) is 11.8 Å². The van der Waals surface area contributed by atoms with E-state index in [0.717, 1.165) is 83.8 Å². The van der Waals surface area contributed by atoms with Crippen LogP contribution in [0.3, 0.4) is 0 Å². The Kier molecular flexibility index (Phi) is 10.5. The first kappa shape index (κ1) is 37.2. The fraction of sp³-hybridized carbons (Fsp3) is 0.500. The van der Waals surface area contributed by atoms with Crippen molar-refractivity contribution >= 4 is 28.9 Å². The fourth-order valence-electron chi connectivity index (χ4n) is 8.00. The van der Waals surface area contributed by atoms with Crippen molar-refractivity contribution < 1.29 is 23.9 Å². The van der Waals surface area contributed by atoms with Gasteiger partial charge in [-0.1, -0.05) is 58.6 Å². The summed E-state index contributed by atoms with van der Waals surface area (Å²) in [5.41, 5.74) is 4.99. The van der Waals surface area contributed by atoms with Gasteiger partial charge in [0.25, 0.3) is 0 Å². The standard InChI is InChI=1S/C42H51N7O5/c1-25(2)27(5)39(50)49-24-42(18-8-20-54-42)22-35(49)38-44-31-17-14-29(21-32(31)45-38)11-10-28-12-15-30(16-13-28)33-23-43-37(46-33)34-9-7-19-48(34)40(51)36(26(3)4)47-41(52)53-6/h12-17,21,23,25-27,34-36H,7-9,18-20,22,24H2,1-6H3,(H,43,46)(H,44,45)(H,47,52)/t27-,34-,35-,36-,42+/m0/s1. The Labute approximate surface area is 316 Å². The summed E-state index contributed by atoms with van der Waals surface area (Å²) in [7, 11) is 1.29. The largest absolute Gasteiger partial charge is 0.453 e. The maximum atomic E-state index is 13.6. The van der Waals surface area contributed by atoms with Crippen LogP contribution in [0.2, 0.25) is 0 Å². The summed E-state index contributed by atoms with van der Waals surface area (Å²) in [5.74, 6) is 8.20. The fourth-order valence-corrected chi connectivity index (χ4v) is 8.00. The molecule has 12 heteroatoms. The summed E-state index contributed by atoms with van der Waals surface area (Å²) in [6.07, 6.45) is 5.55. The van der Waals surface area contributed by atoms with E-state index < -0.39 is 12.1 Å². The van der Waals surface area contributed by atoms with Gasteiger partial charge in [-0.15, -0.1) is 0 Å². The number of benzene rings is 2. The van der Waals surface area contributed by atoms with Crippen LogP contribution in [0.25, 0.3) is 22.3 Å². The number of methoxy groups -OCH3 is 1. The Hall–Kier alpha value is -5.15. The molecule has 7 rings (SSSR count). The van der Waals surface area contributed by atoms with Gasteiger partial charge in [0.15, 0.2) is 0 Å². The van der Waals surface area contributed by atoms with Crippen LogP contribution < -0.4 is 5.32 Å². The predicted molar refractivity (Wildman–Crippen MR) is 205 cm³/mol. The monoisotopic (exact) mass is 733 g/mol. The van der Waals surface area contributed by atoms with E-state index in [1.54, 1.807) is 6.20 Å². The Morgan fingerprint density at radius 3 is 2.39 bits per heavy atom. The number of nitrogens with zero attached hydrogens (tertiary/aromatic N) is 4. The highest BCUT2D eigenvalue weighted by molar-refractivity contribution is 5.86. The average molecular weight is 734 g/mol. The third-order valence-corrected chi connectivity index (χ3v) is 11.5. The quantitative estimate of drug-likeness (QED) is 0.175. The van der Waals surface area contributed by atoms with Crippen LogP contribution in [-0.4, -0.2) is 86.1 Å². The second-order valence-corrected chi connectivity index (χ2v) is 15.8. The average Bonchev–Trinajstić information content (AvgIpc) is 4.02. The van der Waals surface area contributed by atoms with E-state index in [1.807, 2.05) is 73.0 Å². The molecule has 3 aliphatic rings. The summed E-state index contributed by atoms with van der Waals surface area (Å²) in [6, 6.07) is 12.9. The zero-order valence-corrected chi connectivity index (χ0v) is 32.1. The van der Waals surface area contributed by atoms with E-state index in [4.69, 9.17) is 14.5 Å². The number of amides is 3. The van der Waals surface area contributed by atoms with E-state index in [2.05, 4.69) is 46.0 Å². The molecule has 0 saturated carbocycles. The number of aromatic nitrogens is 4. The highest BCUT2D eigenvalue weighted by Gasteiger charge is 2.50. The summed E-state index contributed by atoms with van der Waals surface area (Å²) in [6.45, 7) is 12.0. The van der Waals surface area contributed by atoms with Crippen molar-refractivity contribution in [2.45, 2.75) is 90.4 Å². The molecular formula is C42H51N7O5. The highest BCUT2D eigenvalue weighted by atomic mass is 16.5. The van der Waals surface area contributed by atoms with Crippen molar-refractivity contribution in [3.8, 4) is 23.1 Å². The Morgan fingerprint density at radius 1 is 0.926 bits per heavy atom. The van der Waals surface area contributed by atoms with Crippen molar-refractivity contribution in [3.63, 3.8) is 0 Å². The molecule has 5 heterocycles. The minimum Gasteiger partial charge on any atom is -0.453 e. The molecule has 5 atom stereocenters. The predicted octanol–water partition coefficient (Wildman–Crippen LogP) is 6.51. The minimum absolute atomic E-state index is 0.0802. The van der Waals surface area contributed by atoms with Gasteiger partial charge in [0, 0.05) is 36.6 Å². The van der Waals surface area contributed by atoms with Crippen LogP contribution in [0.5, 0.6) is 0 Å². The van der Waals surface area contributed by atoms with Gasteiger partial charge in [0.1, 0.15) is 17.7 Å². The van der Waals surface area contributed by atoms with Crippen LogP contribution in [0, 0.1) is 29.6 Å². The summed E-state index contributed by atoms with van der Waals surface area (Å²) in [5, 5.41) is 2.70. The molecule has 284 valence electrons. The van der Waals surface area contributed by atoms with E-state index in [1.165, 1.54) is 7.11 Å². The van der Waals surface area contributed by atoms with Crippen molar-refractivity contribution in [2.75, 3.05) is 26.8 Å².